The van der Waals surface area contributed by atoms with Gasteiger partial charge in [-0.2, -0.15) is 0 Å². The first-order valence-corrected chi connectivity index (χ1v) is 5.28. The van der Waals surface area contributed by atoms with Crippen molar-refractivity contribution in [3.63, 3.8) is 0 Å². The van der Waals surface area contributed by atoms with Crippen LogP contribution in [0.5, 0.6) is 11.6 Å². The lowest BCUT2D eigenvalue weighted by molar-refractivity contribution is -0.385. The Morgan fingerprint density at radius 2 is 2.15 bits per heavy atom. The molecule has 1 N–H and O–H groups in total. The molecule has 0 bridgehead atoms. The van der Waals surface area contributed by atoms with Gasteiger partial charge in [0.2, 0.25) is 5.88 Å². The monoisotopic (exact) mass is 278 g/mol. The lowest BCUT2D eigenvalue weighted by Gasteiger charge is -2.07. The Hall–Kier alpha value is -3.03. The smallest absolute Gasteiger partial charge is 0.341 e. The fourth-order valence-electron chi connectivity index (χ4n) is 1.42. The predicted molar refractivity (Wildman–Crippen MR) is 64.3 cm³/mol. The first-order chi connectivity index (χ1) is 9.47. The number of hydrogen-bond acceptors (Lipinski definition) is 5. The lowest BCUT2D eigenvalue weighted by Crippen LogP contribution is -2.03. The highest BCUT2D eigenvalue weighted by Crippen LogP contribution is 2.26. The number of aromatic nitrogens is 1. The number of nitrogens with zero attached hydrogens (tertiary/aromatic N) is 2. The fraction of sp³-hybridized carbons (Fsp3) is 0. The molecule has 0 saturated heterocycles. The van der Waals surface area contributed by atoms with Crippen molar-refractivity contribution >= 4 is 11.7 Å². The maximum atomic E-state index is 13.0. The van der Waals surface area contributed by atoms with Gasteiger partial charge in [0.25, 0.3) is 5.69 Å². The second-order valence-electron chi connectivity index (χ2n) is 3.67. The quantitative estimate of drug-likeness (QED) is 0.681. The van der Waals surface area contributed by atoms with E-state index in [1.807, 2.05) is 0 Å². The van der Waals surface area contributed by atoms with E-state index in [2.05, 4.69) is 4.98 Å². The number of nitro groups is 1. The maximum absolute atomic E-state index is 13.0. The third-order valence-electron chi connectivity index (χ3n) is 2.29. The van der Waals surface area contributed by atoms with Crippen LogP contribution in [0.1, 0.15) is 10.4 Å². The minimum Gasteiger partial charge on any atom is -0.477 e. The van der Waals surface area contributed by atoms with Crippen molar-refractivity contribution in [2.75, 3.05) is 0 Å². The van der Waals surface area contributed by atoms with E-state index in [9.17, 15) is 19.3 Å². The molecule has 0 amide bonds. The van der Waals surface area contributed by atoms with Crippen LogP contribution < -0.4 is 4.74 Å². The van der Waals surface area contributed by atoms with Gasteiger partial charge in [0.15, 0.2) is 0 Å². The number of benzene rings is 1. The number of carboxylic acid groups (broad SMARTS) is 1. The number of carbonyl (C=O) groups is 1. The minimum atomic E-state index is -1.44. The van der Waals surface area contributed by atoms with E-state index in [1.165, 1.54) is 18.2 Å². The molecule has 0 unspecified atom stereocenters. The third kappa shape index (κ3) is 2.86. The summed E-state index contributed by atoms with van der Waals surface area (Å²) in [6.07, 6.45) is 0.862. The summed E-state index contributed by atoms with van der Waals surface area (Å²) in [4.78, 5) is 24.4. The van der Waals surface area contributed by atoms with Gasteiger partial charge in [-0.25, -0.2) is 14.2 Å². The van der Waals surface area contributed by atoms with E-state index in [0.29, 0.717) is 0 Å². The first kappa shape index (κ1) is 13.4. The molecule has 0 spiro atoms. The number of halogens is 1. The van der Waals surface area contributed by atoms with Gasteiger partial charge in [-0.15, -0.1) is 0 Å². The third-order valence-corrected chi connectivity index (χ3v) is 2.29. The summed E-state index contributed by atoms with van der Waals surface area (Å²) in [5, 5.41) is 19.6. The largest absolute Gasteiger partial charge is 0.477 e. The minimum absolute atomic E-state index is 0.0360. The van der Waals surface area contributed by atoms with E-state index >= 15 is 0 Å². The molecule has 8 heteroatoms. The van der Waals surface area contributed by atoms with Crippen LogP contribution in [0.25, 0.3) is 0 Å². The number of hydrogen-bond donors (Lipinski definition) is 1. The number of pyridine rings is 1. The molecular formula is C12H7FN2O5. The summed E-state index contributed by atoms with van der Waals surface area (Å²) in [7, 11) is 0. The van der Waals surface area contributed by atoms with E-state index < -0.39 is 28.0 Å². The highest BCUT2D eigenvalue weighted by molar-refractivity contribution is 5.91. The molecule has 2 rings (SSSR count). The molecule has 1 heterocycles. The summed E-state index contributed by atoms with van der Waals surface area (Å²) >= 11 is 0. The van der Waals surface area contributed by atoms with Gasteiger partial charge in [0.1, 0.15) is 23.3 Å². The Balaban J connectivity index is 2.41. The van der Waals surface area contributed by atoms with E-state index in [-0.39, 0.29) is 11.6 Å². The molecule has 1 aromatic heterocycles. The molecule has 102 valence electrons. The Morgan fingerprint density at radius 3 is 2.75 bits per heavy atom. The van der Waals surface area contributed by atoms with Crippen molar-refractivity contribution in [2.24, 2.45) is 0 Å². The van der Waals surface area contributed by atoms with Crippen LogP contribution in [0.4, 0.5) is 10.1 Å². The average Bonchev–Trinajstić information content (AvgIpc) is 2.38. The zero-order valence-corrected chi connectivity index (χ0v) is 9.82. The molecule has 0 fully saturated rings. The summed E-state index contributed by atoms with van der Waals surface area (Å²) in [6, 6.07) is 5.82. The van der Waals surface area contributed by atoms with Crippen molar-refractivity contribution in [2.45, 2.75) is 0 Å². The van der Waals surface area contributed by atoms with Crippen molar-refractivity contribution in [3.05, 3.63) is 58.0 Å². The Bertz CT molecular complexity index is 689. The standard InChI is InChI=1S/C12H7FN2O5/c13-7-2-1-3-9(4-7)20-11-10(12(16)17)5-8(6-14-11)15(18)19/h1-6H,(H,16,17). The van der Waals surface area contributed by atoms with E-state index in [1.54, 1.807) is 0 Å². The van der Waals surface area contributed by atoms with Gasteiger partial charge >= 0.3 is 5.97 Å². The predicted octanol–water partition coefficient (Wildman–Crippen LogP) is 2.62. The zero-order chi connectivity index (χ0) is 14.7. The molecule has 0 saturated carbocycles. The molecule has 0 radical (unpaired) electrons. The topological polar surface area (TPSA) is 103 Å². The molecule has 0 atom stereocenters. The average molecular weight is 278 g/mol. The number of aromatic carboxylic acids is 1. The van der Waals surface area contributed by atoms with Gasteiger partial charge in [0.05, 0.1) is 4.92 Å². The van der Waals surface area contributed by atoms with Crippen LogP contribution in [-0.2, 0) is 0 Å². The van der Waals surface area contributed by atoms with E-state index in [0.717, 1.165) is 18.3 Å². The maximum Gasteiger partial charge on any atom is 0.341 e. The van der Waals surface area contributed by atoms with Crippen LogP contribution in [0.2, 0.25) is 0 Å². The van der Waals surface area contributed by atoms with Crippen molar-refractivity contribution in [3.8, 4) is 11.6 Å². The van der Waals surface area contributed by atoms with Gasteiger partial charge in [-0.3, -0.25) is 10.1 Å². The molecule has 1 aromatic carbocycles. The fourth-order valence-corrected chi connectivity index (χ4v) is 1.42. The second-order valence-corrected chi connectivity index (χ2v) is 3.67. The highest BCUT2D eigenvalue weighted by Gasteiger charge is 2.19. The van der Waals surface area contributed by atoms with E-state index in [4.69, 9.17) is 9.84 Å². The molecule has 0 aliphatic heterocycles. The molecule has 0 aliphatic rings. The number of rotatable bonds is 4. The summed E-state index contributed by atoms with van der Waals surface area (Å²) in [6.45, 7) is 0. The number of ether oxygens (including phenoxy) is 1. The summed E-state index contributed by atoms with van der Waals surface area (Å²) in [5.74, 6) is -2.32. The van der Waals surface area contributed by atoms with Crippen LogP contribution in [-0.4, -0.2) is 21.0 Å². The SMILES string of the molecule is O=C(O)c1cc([N+](=O)[O-])cnc1Oc1cccc(F)c1. The second kappa shape index (κ2) is 5.31. The van der Waals surface area contributed by atoms with Crippen LogP contribution in [0.15, 0.2) is 36.5 Å². The van der Waals surface area contributed by atoms with Crippen LogP contribution in [0, 0.1) is 15.9 Å². The molecule has 7 nitrogen and oxygen atoms in total. The highest BCUT2D eigenvalue weighted by atomic mass is 19.1. The Morgan fingerprint density at radius 1 is 1.40 bits per heavy atom. The van der Waals surface area contributed by atoms with Gasteiger partial charge in [-0.05, 0) is 12.1 Å². The van der Waals surface area contributed by atoms with Crippen molar-refractivity contribution in [1.29, 1.82) is 0 Å². The molecule has 0 aliphatic carbocycles. The normalized spacial score (nSPS) is 10.1. The lowest BCUT2D eigenvalue weighted by atomic mass is 10.2. The molecule has 2 aromatic rings. The summed E-state index contributed by atoms with van der Waals surface area (Å²) < 4.78 is 18.1. The zero-order valence-electron chi connectivity index (χ0n) is 9.82. The Labute approximate surface area is 111 Å². The van der Waals surface area contributed by atoms with Crippen LogP contribution >= 0.6 is 0 Å². The molecular weight excluding hydrogens is 271 g/mol. The molecule has 20 heavy (non-hydrogen) atoms. The Kier molecular flexibility index (Phi) is 3.56. The van der Waals surface area contributed by atoms with Gasteiger partial charge < -0.3 is 9.84 Å². The van der Waals surface area contributed by atoms with Crippen molar-refractivity contribution < 1.29 is 24.0 Å². The van der Waals surface area contributed by atoms with Gasteiger partial charge in [-0.1, -0.05) is 6.07 Å². The number of carboxylic acids is 1. The van der Waals surface area contributed by atoms with Crippen molar-refractivity contribution in [1.82, 2.24) is 4.98 Å². The first-order valence-electron chi connectivity index (χ1n) is 5.28. The van der Waals surface area contributed by atoms with Crippen LogP contribution in [0.3, 0.4) is 0 Å². The van der Waals surface area contributed by atoms with Gasteiger partial charge in [0, 0.05) is 12.1 Å². The summed E-state index contributed by atoms with van der Waals surface area (Å²) in [5.41, 5.74) is -0.961.